The first-order valence-electron chi connectivity index (χ1n) is 5.97. The molecular formula is C12H25NO. The molecule has 0 amide bonds. The molecule has 0 saturated heterocycles. The Hall–Kier alpha value is -0.0800. The Morgan fingerprint density at radius 2 is 2.14 bits per heavy atom. The van der Waals surface area contributed by atoms with E-state index in [0.717, 1.165) is 12.3 Å². The molecule has 0 bridgehead atoms. The van der Waals surface area contributed by atoms with Gasteiger partial charge in [-0.25, -0.2) is 0 Å². The monoisotopic (exact) mass is 199 g/mol. The van der Waals surface area contributed by atoms with Crippen LogP contribution in [0, 0.1) is 11.3 Å². The minimum Gasteiger partial charge on any atom is -0.396 e. The highest BCUT2D eigenvalue weighted by atomic mass is 16.3. The van der Waals surface area contributed by atoms with Crippen molar-refractivity contribution in [3.63, 3.8) is 0 Å². The number of hydrogen-bond acceptors (Lipinski definition) is 2. The van der Waals surface area contributed by atoms with E-state index in [4.69, 9.17) is 10.8 Å². The van der Waals surface area contributed by atoms with Crippen LogP contribution in [0.5, 0.6) is 0 Å². The van der Waals surface area contributed by atoms with Crippen molar-refractivity contribution in [2.24, 2.45) is 17.1 Å². The Bertz CT molecular complexity index is 170. The molecule has 0 radical (unpaired) electrons. The van der Waals surface area contributed by atoms with Crippen LogP contribution >= 0.6 is 0 Å². The Balaban J connectivity index is 2.65. The maximum atomic E-state index is 9.13. The van der Waals surface area contributed by atoms with E-state index in [1.807, 2.05) is 0 Å². The average molecular weight is 199 g/mol. The molecule has 1 aliphatic carbocycles. The summed E-state index contributed by atoms with van der Waals surface area (Å²) >= 11 is 0. The molecule has 84 valence electrons. The number of rotatable bonds is 3. The van der Waals surface area contributed by atoms with E-state index in [9.17, 15) is 0 Å². The molecule has 1 rings (SSSR count). The molecule has 0 aliphatic heterocycles. The second-order valence-corrected chi connectivity index (χ2v) is 5.16. The lowest BCUT2D eigenvalue weighted by Crippen LogP contribution is -2.40. The third kappa shape index (κ3) is 2.71. The standard InChI is InChI=1S/C12H25NO/c1-10-4-3-6-12(7-5-10,8-9-14)11(2)13/h10-11,14H,3-9,13H2,1-2H3. The van der Waals surface area contributed by atoms with Crippen LogP contribution in [0.2, 0.25) is 0 Å². The molecular weight excluding hydrogens is 174 g/mol. The number of aliphatic hydroxyl groups is 1. The summed E-state index contributed by atoms with van der Waals surface area (Å²) in [5.74, 6) is 0.842. The largest absolute Gasteiger partial charge is 0.396 e. The van der Waals surface area contributed by atoms with Gasteiger partial charge in [-0.1, -0.05) is 26.2 Å². The van der Waals surface area contributed by atoms with Crippen molar-refractivity contribution in [2.45, 2.75) is 58.4 Å². The van der Waals surface area contributed by atoms with Crippen molar-refractivity contribution < 1.29 is 5.11 Å². The predicted molar refractivity (Wildman–Crippen MR) is 60.0 cm³/mol. The van der Waals surface area contributed by atoms with Crippen molar-refractivity contribution in [3.8, 4) is 0 Å². The maximum absolute atomic E-state index is 9.13. The smallest absolute Gasteiger partial charge is 0.0436 e. The fourth-order valence-electron chi connectivity index (χ4n) is 2.76. The van der Waals surface area contributed by atoms with Crippen LogP contribution in [0.4, 0.5) is 0 Å². The maximum Gasteiger partial charge on any atom is 0.0436 e. The van der Waals surface area contributed by atoms with Gasteiger partial charge in [0.05, 0.1) is 0 Å². The Morgan fingerprint density at radius 3 is 2.71 bits per heavy atom. The minimum absolute atomic E-state index is 0.222. The molecule has 1 fully saturated rings. The zero-order chi connectivity index (χ0) is 10.6. The predicted octanol–water partition coefficient (Wildman–Crippen LogP) is 2.30. The molecule has 3 atom stereocenters. The highest BCUT2D eigenvalue weighted by Crippen LogP contribution is 2.41. The zero-order valence-electron chi connectivity index (χ0n) is 9.63. The first-order valence-corrected chi connectivity index (χ1v) is 5.97. The summed E-state index contributed by atoms with van der Waals surface area (Å²) < 4.78 is 0. The first kappa shape index (κ1) is 12.0. The van der Waals surface area contributed by atoms with E-state index in [0.29, 0.717) is 0 Å². The number of nitrogens with two attached hydrogens (primary N) is 1. The van der Waals surface area contributed by atoms with Crippen LogP contribution in [-0.2, 0) is 0 Å². The van der Waals surface area contributed by atoms with Gasteiger partial charge in [0.25, 0.3) is 0 Å². The third-order valence-electron chi connectivity index (χ3n) is 4.08. The normalized spacial score (nSPS) is 36.4. The molecule has 14 heavy (non-hydrogen) atoms. The SMILES string of the molecule is CC1CCCC(CCO)(C(C)N)CC1. The van der Waals surface area contributed by atoms with Gasteiger partial charge in [-0.05, 0) is 37.5 Å². The molecule has 2 heteroatoms. The fraction of sp³-hybridized carbons (Fsp3) is 1.00. The topological polar surface area (TPSA) is 46.2 Å². The van der Waals surface area contributed by atoms with Crippen molar-refractivity contribution in [1.29, 1.82) is 0 Å². The van der Waals surface area contributed by atoms with E-state index in [2.05, 4.69) is 13.8 Å². The van der Waals surface area contributed by atoms with Gasteiger partial charge in [0.1, 0.15) is 0 Å². The van der Waals surface area contributed by atoms with E-state index in [1.54, 1.807) is 0 Å². The van der Waals surface area contributed by atoms with Crippen molar-refractivity contribution in [2.75, 3.05) is 6.61 Å². The highest BCUT2D eigenvalue weighted by Gasteiger charge is 2.35. The molecule has 1 saturated carbocycles. The number of aliphatic hydroxyl groups excluding tert-OH is 1. The lowest BCUT2D eigenvalue weighted by atomic mass is 9.72. The van der Waals surface area contributed by atoms with Crippen molar-refractivity contribution in [3.05, 3.63) is 0 Å². The quantitative estimate of drug-likeness (QED) is 0.685. The molecule has 3 N–H and O–H groups in total. The third-order valence-corrected chi connectivity index (χ3v) is 4.08. The zero-order valence-corrected chi connectivity index (χ0v) is 9.63. The molecule has 3 unspecified atom stereocenters. The van der Waals surface area contributed by atoms with Crippen LogP contribution in [0.25, 0.3) is 0 Å². The average Bonchev–Trinajstić information content (AvgIpc) is 2.30. The fourth-order valence-corrected chi connectivity index (χ4v) is 2.76. The van der Waals surface area contributed by atoms with Gasteiger partial charge in [0.2, 0.25) is 0 Å². The van der Waals surface area contributed by atoms with E-state index in [1.165, 1.54) is 32.1 Å². The van der Waals surface area contributed by atoms with Crippen LogP contribution in [0.3, 0.4) is 0 Å². The summed E-state index contributed by atoms with van der Waals surface area (Å²) in [5, 5.41) is 9.13. The van der Waals surface area contributed by atoms with Crippen LogP contribution in [-0.4, -0.2) is 17.8 Å². The summed E-state index contributed by atoms with van der Waals surface area (Å²) in [6.07, 6.45) is 7.18. The van der Waals surface area contributed by atoms with Crippen LogP contribution < -0.4 is 5.73 Å². The summed E-state index contributed by atoms with van der Waals surface area (Å²) in [4.78, 5) is 0. The lowest BCUT2D eigenvalue weighted by Gasteiger charge is -2.36. The summed E-state index contributed by atoms with van der Waals surface area (Å²) in [6.45, 7) is 4.72. The molecule has 0 aromatic carbocycles. The van der Waals surface area contributed by atoms with Crippen molar-refractivity contribution in [1.82, 2.24) is 0 Å². The molecule has 0 spiro atoms. The van der Waals surface area contributed by atoms with Crippen LogP contribution in [0.15, 0.2) is 0 Å². The van der Waals surface area contributed by atoms with Gasteiger partial charge < -0.3 is 10.8 Å². The Morgan fingerprint density at radius 1 is 1.43 bits per heavy atom. The molecule has 0 aromatic heterocycles. The molecule has 0 heterocycles. The van der Waals surface area contributed by atoms with E-state index < -0.39 is 0 Å². The van der Waals surface area contributed by atoms with Crippen molar-refractivity contribution >= 4 is 0 Å². The van der Waals surface area contributed by atoms with Gasteiger partial charge in [-0.2, -0.15) is 0 Å². The second-order valence-electron chi connectivity index (χ2n) is 5.16. The summed E-state index contributed by atoms with van der Waals surface area (Å²) in [7, 11) is 0. The molecule has 1 aliphatic rings. The van der Waals surface area contributed by atoms with Gasteiger partial charge in [-0.15, -0.1) is 0 Å². The number of hydrogen-bond donors (Lipinski definition) is 2. The van der Waals surface area contributed by atoms with Gasteiger partial charge >= 0.3 is 0 Å². The Kier molecular flexibility index (Phi) is 4.39. The lowest BCUT2D eigenvalue weighted by molar-refractivity contribution is 0.132. The van der Waals surface area contributed by atoms with E-state index >= 15 is 0 Å². The van der Waals surface area contributed by atoms with Crippen LogP contribution in [0.1, 0.15) is 52.4 Å². The highest BCUT2D eigenvalue weighted by molar-refractivity contribution is 4.89. The Labute approximate surface area is 87.9 Å². The second kappa shape index (κ2) is 5.13. The minimum atomic E-state index is 0.222. The van der Waals surface area contributed by atoms with Gasteiger partial charge in [0, 0.05) is 12.6 Å². The van der Waals surface area contributed by atoms with E-state index in [-0.39, 0.29) is 18.1 Å². The van der Waals surface area contributed by atoms with Gasteiger partial charge in [-0.3, -0.25) is 0 Å². The summed E-state index contributed by atoms with van der Waals surface area (Å²) in [6, 6.07) is 0.222. The molecule has 0 aromatic rings. The first-order chi connectivity index (χ1) is 6.60. The summed E-state index contributed by atoms with van der Waals surface area (Å²) in [5.41, 5.74) is 6.31. The van der Waals surface area contributed by atoms with Gasteiger partial charge in [0.15, 0.2) is 0 Å². The molecule has 2 nitrogen and oxygen atoms in total.